The Labute approximate surface area is 141 Å². The number of carbonyl (C=O) groups is 1. The summed E-state index contributed by atoms with van der Waals surface area (Å²) in [4.78, 5) is 16.4. The molecule has 0 saturated heterocycles. The quantitative estimate of drug-likeness (QED) is 0.543. The second-order valence-corrected chi connectivity index (χ2v) is 7.16. The van der Waals surface area contributed by atoms with Crippen LogP contribution in [-0.4, -0.2) is 21.9 Å². The van der Waals surface area contributed by atoms with Crippen LogP contribution in [0.2, 0.25) is 0 Å². The molecule has 0 bridgehead atoms. The molecule has 0 spiro atoms. The number of aliphatic imine (C=N–C) groups is 1. The first kappa shape index (κ1) is 16.4. The van der Waals surface area contributed by atoms with Gasteiger partial charge in [0.15, 0.2) is 0 Å². The predicted octanol–water partition coefficient (Wildman–Crippen LogP) is 4.74. The Morgan fingerprint density at radius 3 is 3.05 bits per heavy atom. The highest BCUT2D eigenvalue weighted by Crippen LogP contribution is 2.33. The molecular weight excluding hydrogens is 370 g/mol. The number of hydrogen-bond donors (Lipinski definition) is 0. The number of hydrogen-bond acceptors (Lipinski definition) is 5. The Balaban J connectivity index is 2.30. The third-order valence-corrected chi connectivity index (χ3v) is 4.99. The van der Waals surface area contributed by atoms with Gasteiger partial charge in [-0.1, -0.05) is 33.8 Å². The average Bonchev–Trinajstić information content (AvgIpc) is 2.80. The third-order valence-electron chi connectivity index (χ3n) is 2.49. The normalized spacial score (nSPS) is 16.2. The summed E-state index contributed by atoms with van der Waals surface area (Å²) in [6.45, 7) is 6.16. The Morgan fingerprint density at radius 2 is 2.33 bits per heavy atom. The predicted molar refractivity (Wildman–Crippen MR) is 96.0 cm³/mol. The summed E-state index contributed by atoms with van der Waals surface area (Å²) in [5.74, 6) is 1.49. The van der Waals surface area contributed by atoms with Crippen LogP contribution in [0.4, 0.5) is 0 Å². The van der Waals surface area contributed by atoms with E-state index >= 15 is 0 Å². The Kier molecular flexibility index (Phi) is 6.14. The van der Waals surface area contributed by atoms with Crippen molar-refractivity contribution in [2.24, 2.45) is 4.99 Å². The number of carbonyl (C=O) groups excluding carboxylic acids is 1. The van der Waals surface area contributed by atoms with Crippen LogP contribution in [0.3, 0.4) is 0 Å². The molecule has 0 saturated carbocycles. The molecule has 0 unspecified atom stereocenters. The topological polar surface area (TPSA) is 38.7 Å². The first-order valence-electron chi connectivity index (χ1n) is 6.32. The molecule has 21 heavy (non-hydrogen) atoms. The second kappa shape index (κ2) is 7.87. The molecule has 1 aliphatic heterocycles. The summed E-state index contributed by atoms with van der Waals surface area (Å²) in [6.07, 6.45) is 3.56. The van der Waals surface area contributed by atoms with E-state index in [0.717, 1.165) is 37.7 Å². The third kappa shape index (κ3) is 4.49. The van der Waals surface area contributed by atoms with Crippen molar-refractivity contribution >= 4 is 55.0 Å². The van der Waals surface area contributed by atoms with Crippen molar-refractivity contribution in [3.05, 3.63) is 46.6 Å². The maximum atomic E-state index is 12.0. The van der Waals surface area contributed by atoms with E-state index < -0.39 is 0 Å². The number of ether oxygens (including phenoxy) is 1. The molecule has 0 amide bonds. The minimum absolute atomic E-state index is 0.0380. The van der Waals surface area contributed by atoms with Crippen molar-refractivity contribution in [2.45, 2.75) is 6.92 Å². The van der Waals surface area contributed by atoms with E-state index in [2.05, 4.69) is 27.5 Å². The molecule has 1 aromatic rings. The molecule has 1 heterocycles. The van der Waals surface area contributed by atoms with Gasteiger partial charge >= 0.3 is 0 Å². The van der Waals surface area contributed by atoms with Crippen molar-refractivity contribution in [2.75, 3.05) is 12.4 Å². The van der Waals surface area contributed by atoms with Crippen LogP contribution in [0.5, 0.6) is 5.75 Å². The zero-order valence-electron chi connectivity index (χ0n) is 11.5. The molecule has 1 aromatic carbocycles. The lowest BCUT2D eigenvalue weighted by molar-refractivity contribution is -0.107. The van der Waals surface area contributed by atoms with Gasteiger partial charge in [-0.15, -0.1) is 6.58 Å². The van der Waals surface area contributed by atoms with E-state index in [-0.39, 0.29) is 5.12 Å². The molecule has 0 N–H and O–H groups in total. The molecule has 0 aromatic heterocycles. The largest absolute Gasteiger partial charge is 0.493 e. The molecule has 6 heteroatoms. The molecular formula is C15H14BrNO2S2. The summed E-state index contributed by atoms with van der Waals surface area (Å²) >= 11 is 6.11. The summed E-state index contributed by atoms with van der Waals surface area (Å²) in [5.41, 5.74) is 1.29. The average molecular weight is 384 g/mol. The first-order chi connectivity index (χ1) is 10.1. The van der Waals surface area contributed by atoms with Crippen molar-refractivity contribution in [1.29, 1.82) is 0 Å². The molecule has 0 fully saturated rings. The summed E-state index contributed by atoms with van der Waals surface area (Å²) in [5, 5.41) is -0.0380. The molecule has 0 radical (unpaired) electrons. The molecule has 1 aliphatic rings. The van der Waals surface area contributed by atoms with Gasteiger partial charge in [-0.3, -0.25) is 4.79 Å². The van der Waals surface area contributed by atoms with E-state index in [1.807, 2.05) is 25.1 Å². The van der Waals surface area contributed by atoms with Crippen molar-refractivity contribution < 1.29 is 9.53 Å². The highest BCUT2D eigenvalue weighted by molar-refractivity contribution is 9.10. The van der Waals surface area contributed by atoms with Gasteiger partial charge in [0, 0.05) is 15.8 Å². The van der Waals surface area contributed by atoms with Crippen LogP contribution in [0.25, 0.3) is 6.08 Å². The van der Waals surface area contributed by atoms with E-state index in [1.165, 1.54) is 11.8 Å². The Morgan fingerprint density at radius 1 is 1.52 bits per heavy atom. The Bertz CT molecular complexity index is 626. The van der Waals surface area contributed by atoms with Gasteiger partial charge in [-0.2, -0.15) is 0 Å². The zero-order chi connectivity index (χ0) is 15.2. The van der Waals surface area contributed by atoms with Crippen LogP contribution in [-0.2, 0) is 4.79 Å². The summed E-state index contributed by atoms with van der Waals surface area (Å²) in [7, 11) is 0. The van der Waals surface area contributed by atoms with Gasteiger partial charge < -0.3 is 4.74 Å². The number of nitrogens with zero attached hydrogens (tertiary/aromatic N) is 1. The fourth-order valence-electron chi connectivity index (χ4n) is 1.65. The van der Waals surface area contributed by atoms with E-state index in [9.17, 15) is 4.79 Å². The van der Waals surface area contributed by atoms with Crippen molar-refractivity contribution in [3.8, 4) is 5.75 Å². The fourth-order valence-corrected chi connectivity index (χ4v) is 3.63. The smallest absolute Gasteiger partial charge is 0.244 e. The zero-order valence-corrected chi connectivity index (χ0v) is 14.7. The van der Waals surface area contributed by atoms with E-state index in [4.69, 9.17) is 4.74 Å². The van der Waals surface area contributed by atoms with Gasteiger partial charge in [0.05, 0.1) is 6.61 Å². The summed E-state index contributed by atoms with van der Waals surface area (Å²) < 4.78 is 7.27. The highest BCUT2D eigenvalue weighted by Gasteiger charge is 2.22. The number of benzene rings is 1. The fraction of sp³-hybridized carbons (Fsp3) is 0.200. The minimum Gasteiger partial charge on any atom is -0.493 e. The molecule has 3 nitrogen and oxygen atoms in total. The van der Waals surface area contributed by atoms with Crippen LogP contribution >= 0.6 is 39.5 Å². The number of rotatable bonds is 5. The van der Waals surface area contributed by atoms with Crippen LogP contribution < -0.4 is 4.74 Å². The van der Waals surface area contributed by atoms with E-state index in [0.29, 0.717) is 12.3 Å². The van der Waals surface area contributed by atoms with Gasteiger partial charge in [-0.05, 0) is 43.0 Å². The van der Waals surface area contributed by atoms with Crippen molar-refractivity contribution in [1.82, 2.24) is 0 Å². The van der Waals surface area contributed by atoms with Crippen LogP contribution in [0.15, 0.2) is 46.0 Å². The van der Waals surface area contributed by atoms with Gasteiger partial charge in [0.2, 0.25) is 5.12 Å². The summed E-state index contributed by atoms with van der Waals surface area (Å²) in [6, 6.07) is 5.71. The van der Waals surface area contributed by atoms with Gasteiger partial charge in [0.25, 0.3) is 0 Å². The van der Waals surface area contributed by atoms with Gasteiger partial charge in [0.1, 0.15) is 15.8 Å². The van der Waals surface area contributed by atoms with Crippen LogP contribution in [0, 0.1) is 0 Å². The molecule has 110 valence electrons. The lowest BCUT2D eigenvalue weighted by Gasteiger charge is -2.07. The molecule has 0 atom stereocenters. The maximum absolute atomic E-state index is 12.0. The molecule has 0 aliphatic carbocycles. The SMILES string of the molecule is C=CCSC1=NC(=Cc2cc(Br)ccc2OCC)C(=O)S1. The highest BCUT2D eigenvalue weighted by atomic mass is 79.9. The molecule has 2 rings (SSSR count). The standard InChI is InChI=1S/C15H14BrNO2S2/c1-3-7-20-15-17-12(14(18)21-15)9-10-8-11(16)5-6-13(10)19-4-2/h3,5-6,8-9H,1,4,7H2,2H3. The first-order valence-corrected chi connectivity index (χ1v) is 8.92. The maximum Gasteiger partial charge on any atom is 0.244 e. The van der Waals surface area contributed by atoms with E-state index in [1.54, 1.807) is 12.2 Å². The minimum atomic E-state index is -0.0380. The van der Waals surface area contributed by atoms with Crippen molar-refractivity contribution in [3.63, 3.8) is 0 Å². The number of thioether (sulfide) groups is 2. The lowest BCUT2D eigenvalue weighted by Crippen LogP contribution is -1.95. The Hall–Kier alpha value is -0.980. The monoisotopic (exact) mass is 383 g/mol. The van der Waals surface area contributed by atoms with Crippen LogP contribution in [0.1, 0.15) is 12.5 Å². The number of halogens is 1. The lowest BCUT2D eigenvalue weighted by atomic mass is 10.1. The van der Waals surface area contributed by atoms with Gasteiger partial charge in [-0.25, -0.2) is 4.99 Å². The second-order valence-electron chi connectivity index (χ2n) is 4.01.